The zero-order valence-corrected chi connectivity index (χ0v) is 25.6. The molecule has 45 heavy (non-hydrogen) atoms. The van der Waals surface area contributed by atoms with E-state index in [-0.39, 0.29) is 60.8 Å². The first-order valence-electron chi connectivity index (χ1n) is 14.9. The van der Waals surface area contributed by atoms with Gasteiger partial charge < -0.3 is 35.0 Å². The van der Waals surface area contributed by atoms with E-state index in [4.69, 9.17) is 9.47 Å². The van der Waals surface area contributed by atoms with Gasteiger partial charge in [0.05, 0.1) is 43.5 Å². The van der Waals surface area contributed by atoms with Crippen LogP contribution in [0.2, 0.25) is 0 Å². The fraction of sp³-hybridized carbons (Fsp3) is 0.516. The van der Waals surface area contributed by atoms with Gasteiger partial charge >= 0.3 is 12.2 Å². The molecular weight excluding hydrogens is 595 g/mol. The number of aliphatic hydroxyl groups excluding tert-OH is 1. The number of hydrogen-bond acceptors (Lipinski definition) is 7. The van der Waals surface area contributed by atoms with Gasteiger partial charge in [-0.3, -0.25) is 14.5 Å². The van der Waals surface area contributed by atoms with Crippen molar-refractivity contribution in [2.45, 2.75) is 38.6 Å². The van der Waals surface area contributed by atoms with Crippen molar-refractivity contribution in [3.63, 3.8) is 0 Å². The lowest BCUT2D eigenvalue weighted by Crippen LogP contribution is -2.50. The van der Waals surface area contributed by atoms with Crippen LogP contribution < -0.4 is 15.4 Å². The van der Waals surface area contributed by atoms with Gasteiger partial charge in [-0.25, -0.2) is 4.79 Å². The summed E-state index contributed by atoms with van der Waals surface area (Å²) in [5.74, 6) is -0.588. The van der Waals surface area contributed by atoms with Crippen LogP contribution in [0.1, 0.15) is 36.2 Å². The summed E-state index contributed by atoms with van der Waals surface area (Å²) < 4.78 is 50.4. The molecule has 0 radical (unpaired) electrons. The number of nitrogens with zero attached hydrogens (tertiary/aromatic N) is 3. The second-order valence-corrected chi connectivity index (χ2v) is 11.5. The Kier molecular flexibility index (Phi) is 11.3. The number of anilines is 2. The summed E-state index contributed by atoms with van der Waals surface area (Å²) in [6.45, 7) is 7.01. The maximum atomic E-state index is 13.7. The third kappa shape index (κ3) is 9.08. The van der Waals surface area contributed by atoms with Crippen molar-refractivity contribution in [1.82, 2.24) is 14.7 Å². The number of halogens is 3. The summed E-state index contributed by atoms with van der Waals surface area (Å²) in [4.78, 5) is 44.4. The van der Waals surface area contributed by atoms with E-state index in [1.807, 2.05) is 6.92 Å². The molecular formula is C31H40F3N5O6. The summed E-state index contributed by atoms with van der Waals surface area (Å²) in [6, 6.07) is 7.86. The van der Waals surface area contributed by atoms with E-state index >= 15 is 0 Å². The molecule has 3 atom stereocenters. The molecule has 0 bridgehead atoms. The van der Waals surface area contributed by atoms with Crippen molar-refractivity contribution in [2.75, 3.05) is 70.2 Å². The highest BCUT2D eigenvalue weighted by molar-refractivity contribution is 6.00. The van der Waals surface area contributed by atoms with E-state index in [9.17, 15) is 32.7 Å². The van der Waals surface area contributed by atoms with E-state index in [2.05, 4.69) is 15.5 Å². The second kappa shape index (κ2) is 14.9. The van der Waals surface area contributed by atoms with E-state index in [0.29, 0.717) is 25.4 Å². The van der Waals surface area contributed by atoms with Crippen LogP contribution in [0.4, 0.5) is 29.3 Å². The molecule has 4 rings (SSSR count). The SMILES string of the molecule is C[C@H]1CN([C@@H](C)CO)C(=O)c2cc(NC(=O)CCN3CCOCC3)ccc2O[C@H]1CN(C)C(=O)Nc1ccc(C(F)(F)F)cc1. The first-order valence-corrected chi connectivity index (χ1v) is 14.9. The Morgan fingerprint density at radius 3 is 2.40 bits per heavy atom. The van der Waals surface area contributed by atoms with Gasteiger partial charge in [-0.1, -0.05) is 6.92 Å². The Balaban J connectivity index is 1.48. The minimum absolute atomic E-state index is 0.0860. The number of alkyl halides is 3. The lowest BCUT2D eigenvalue weighted by molar-refractivity contribution is -0.137. The molecule has 0 aliphatic carbocycles. The number of benzene rings is 2. The third-order valence-electron chi connectivity index (χ3n) is 7.97. The van der Waals surface area contributed by atoms with Gasteiger partial charge in [0, 0.05) is 56.9 Å². The molecule has 11 nitrogen and oxygen atoms in total. The molecule has 0 spiro atoms. The molecule has 4 amide bonds. The summed E-state index contributed by atoms with van der Waals surface area (Å²) in [7, 11) is 1.53. The number of hydrogen-bond donors (Lipinski definition) is 3. The monoisotopic (exact) mass is 635 g/mol. The van der Waals surface area contributed by atoms with E-state index < -0.39 is 29.9 Å². The van der Waals surface area contributed by atoms with Crippen molar-refractivity contribution in [2.24, 2.45) is 5.92 Å². The molecule has 0 aromatic heterocycles. The summed E-state index contributed by atoms with van der Waals surface area (Å²) in [5, 5.41) is 15.4. The van der Waals surface area contributed by atoms with Crippen LogP contribution in [-0.4, -0.2) is 109 Å². The van der Waals surface area contributed by atoms with Crippen molar-refractivity contribution >= 4 is 29.2 Å². The number of carbonyl (C=O) groups is 3. The number of likely N-dealkylation sites (N-methyl/N-ethyl adjacent to an activating group) is 1. The number of morpholine rings is 1. The topological polar surface area (TPSA) is 124 Å². The molecule has 0 unspecified atom stereocenters. The van der Waals surface area contributed by atoms with Crippen LogP contribution in [-0.2, 0) is 15.7 Å². The highest BCUT2D eigenvalue weighted by Gasteiger charge is 2.34. The number of urea groups is 1. The highest BCUT2D eigenvalue weighted by Crippen LogP contribution is 2.32. The minimum Gasteiger partial charge on any atom is -0.487 e. The Hall–Kier alpha value is -3.88. The number of aliphatic hydroxyl groups is 1. The quantitative estimate of drug-likeness (QED) is 0.384. The van der Waals surface area contributed by atoms with E-state index in [1.165, 1.54) is 24.1 Å². The van der Waals surface area contributed by atoms with Crippen LogP contribution in [0.3, 0.4) is 0 Å². The van der Waals surface area contributed by atoms with Gasteiger partial charge in [-0.2, -0.15) is 13.2 Å². The molecule has 2 aliphatic heterocycles. The predicted molar refractivity (Wildman–Crippen MR) is 161 cm³/mol. The van der Waals surface area contributed by atoms with Gasteiger partial charge in [0.1, 0.15) is 11.9 Å². The number of ether oxygens (including phenoxy) is 2. The number of rotatable bonds is 9. The fourth-order valence-electron chi connectivity index (χ4n) is 5.14. The van der Waals surface area contributed by atoms with E-state index in [0.717, 1.165) is 25.2 Å². The summed E-state index contributed by atoms with van der Waals surface area (Å²) in [6.07, 6.45) is -4.81. The van der Waals surface area contributed by atoms with Gasteiger partial charge in [0.2, 0.25) is 5.91 Å². The molecule has 2 aromatic rings. The third-order valence-corrected chi connectivity index (χ3v) is 7.97. The Morgan fingerprint density at radius 1 is 1.09 bits per heavy atom. The number of nitrogens with one attached hydrogen (secondary N) is 2. The van der Waals surface area contributed by atoms with Crippen LogP contribution in [0, 0.1) is 5.92 Å². The normalized spacial score (nSPS) is 19.9. The minimum atomic E-state index is -4.49. The van der Waals surface area contributed by atoms with E-state index in [1.54, 1.807) is 30.0 Å². The number of fused-ring (bicyclic) bond motifs is 1. The van der Waals surface area contributed by atoms with Crippen LogP contribution in [0.25, 0.3) is 0 Å². The maximum absolute atomic E-state index is 13.7. The number of carbonyl (C=O) groups excluding carboxylic acids is 3. The molecule has 2 heterocycles. The molecule has 0 saturated carbocycles. The lowest BCUT2D eigenvalue weighted by atomic mass is 9.99. The first-order chi connectivity index (χ1) is 21.3. The molecule has 246 valence electrons. The zero-order chi connectivity index (χ0) is 32.7. The van der Waals surface area contributed by atoms with Crippen LogP contribution >= 0.6 is 0 Å². The fourth-order valence-corrected chi connectivity index (χ4v) is 5.14. The molecule has 3 N–H and O–H groups in total. The molecule has 1 fully saturated rings. The summed E-state index contributed by atoms with van der Waals surface area (Å²) in [5.41, 5.74) is 0.00334. The highest BCUT2D eigenvalue weighted by atomic mass is 19.4. The van der Waals surface area contributed by atoms with Crippen molar-refractivity contribution in [3.8, 4) is 5.75 Å². The Morgan fingerprint density at radius 2 is 1.76 bits per heavy atom. The standard InChI is InChI=1S/C31H40F3N5O6/c1-20-17-39(21(2)19-40)29(42)25-16-24(35-28(41)10-11-38-12-14-44-15-13-38)8-9-26(25)45-27(20)18-37(3)30(43)36-23-6-4-22(5-7-23)31(32,33)34/h4-9,16,20-21,27,40H,10-15,17-19H2,1-3H3,(H,35,41)(H,36,43)/t20-,21-,27-/m0/s1. The van der Waals surface area contributed by atoms with Crippen molar-refractivity contribution < 1.29 is 42.1 Å². The number of amides is 4. The second-order valence-electron chi connectivity index (χ2n) is 11.5. The van der Waals surface area contributed by atoms with Gasteiger partial charge in [0.25, 0.3) is 5.91 Å². The van der Waals surface area contributed by atoms with Gasteiger partial charge in [-0.05, 0) is 49.4 Å². The predicted octanol–water partition coefficient (Wildman–Crippen LogP) is 3.75. The average molecular weight is 636 g/mol. The van der Waals surface area contributed by atoms with Crippen molar-refractivity contribution in [3.05, 3.63) is 53.6 Å². The lowest BCUT2D eigenvalue weighted by Gasteiger charge is -2.38. The Bertz CT molecular complexity index is 1340. The molecule has 2 aliphatic rings. The maximum Gasteiger partial charge on any atom is 0.416 e. The van der Waals surface area contributed by atoms with Gasteiger partial charge in [0.15, 0.2) is 0 Å². The smallest absolute Gasteiger partial charge is 0.416 e. The largest absolute Gasteiger partial charge is 0.487 e. The average Bonchev–Trinajstić information content (AvgIpc) is 3.01. The molecule has 1 saturated heterocycles. The molecule has 2 aromatic carbocycles. The van der Waals surface area contributed by atoms with Crippen LogP contribution in [0.5, 0.6) is 5.75 Å². The molecule has 14 heteroatoms. The summed E-state index contributed by atoms with van der Waals surface area (Å²) >= 11 is 0. The zero-order valence-electron chi connectivity index (χ0n) is 25.6. The van der Waals surface area contributed by atoms with Crippen molar-refractivity contribution in [1.29, 1.82) is 0 Å². The van der Waals surface area contributed by atoms with Gasteiger partial charge in [-0.15, -0.1) is 0 Å². The first kappa shape index (κ1) is 34.0. The van der Waals surface area contributed by atoms with Crippen LogP contribution in [0.15, 0.2) is 42.5 Å². The Labute approximate surface area is 260 Å².